The molecule has 0 radical (unpaired) electrons. The summed E-state index contributed by atoms with van der Waals surface area (Å²) >= 11 is 0. The molecule has 2 aromatic carbocycles. The molecule has 1 unspecified atom stereocenters. The average molecular weight is 543 g/mol. The Balaban J connectivity index is 1.50. The van der Waals surface area contributed by atoms with Gasteiger partial charge in [-0.1, -0.05) is 43.7 Å². The van der Waals surface area contributed by atoms with Crippen LogP contribution in [-0.2, 0) is 17.6 Å². The van der Waals surface area contributed by atoms with Gasteiger partial charge < -0.3 is 9.84 Å². The number of nitrogens with zero attached hydrogens (tertiary/aromatic N) is 4. The van der Waals surface area contributed by atoms with Crippen LogP contribution in [0.15, 0.2) is 59.5 Å². The van der Waals surface area contributed by atoms with E-state index in [1.54, 1.807) is 37.4 Å². The Hall–Kier alpha value is -3.80. The molecule has 4 aromatic rings. The quantitative estimate of drug-likeness (QED) is 0.297. The lowest BCUT2D eigenvalue weighted by molar-refractivity contribution is -0.0232. The van der Waals surface area contributed by atoms with Gasteiger partial charge in [-0.15, -0.1) is 0 Å². The first-order chi connectivity index (χ1) is 19.4. The Labute approximate surface area is 233 Å². The van der Waals surface area contributed by atoms with Gasteiger partial charge in [0.05, 0.1) is 42.3 Å². The van der Waals surface area contributed by atoms with Crippen molar-refractivity contribution in [3.8, 4) is 17.2 Å². The van der Waals surface area contributed by atoms with Crippen LogP contribution in [-0.4, -0.2) is 38.1 Å². The van der Waals surface area contributed by atoms with Crippen LogP contribution in [0.5, 0.6) is 0 Å². The van der Waals surface area contributed by atoms with E-state index in [0.717, 1.165) is 43.4 Å². The summed E-state index contributed by atoms with van der Waals surface area (Å²) in [5.74, 6) is -0.407. The number of hydrogen-bond acceptors (Lipinski definition) is 5. The fraction of sp³-hybridized carbons (Fsp3) is 0.406. The van der Waals surface area contributed by atoms with Crippen LogP contribution in [0.3, 0.4) is 0 Å². The maximum Gasteiger partial charge on any atom is 0.257 e. The van der Waals surface area contributed by atoms with Gasteiger partial charge in [-0.05, 0) is 67.9 Å². The van der Waals surface area contributed by atoms with Crippen molar-refractivity contribution in [1.82, 2.24) is 14.2 Å². The number of rotatable bonds is 9. The highest BCUT2D eigenvalue weighted by Crippen LogP contribution is 2.32. The van der Waals surface area contributed by atoms with E-state index in [1.165, 1.54) is 6.07 Å². The molecule has 0 amide bonds. The third kappa shape index (κ3) is 5.58. The van der Waals surface area contributed by atoms with Crippen LogP contribution >= 0.6 is 0 Å². The average Bonchev–Trinajstić information content (AvgIpc) is 3.44. The van der Waals surface area contributed by atoms with Gasteiger partial charge in [0, 0.05) is 24.1 Å². The molecule has 5 rings (SSSR count). The van der Waals surface area contributed by atoms with E-state index in [1.807, 2.05) is 27.3 Å². The summed E-state index contributed by atoms with van der Waals surface area (Å²) in [6, 6.07) is 16.1. The van der Waals surface area contributed by atoms with Crippen molar-refractivity contribution in [1.29, 1.82) is 5.26 Å². The van der Waals surface area contributed by atoms with Gasteiger partial charge in [-0.25, -0.2) is 8.91 Å². The van der Waals surface area contributed by atoms with Crippen LogP contribution in [0.25, 0.3) is 16.8 Å². The largest absolute Gasteiger partial charge is 0.391 e. The van der Waals surface area contributed by atoms with Gasteiger partial charge in [0.2, 0.25) is 0 Å². The number of fused-ring (bicyclic) bond motifs is 1. The first-order valence-corrected chi connectivity index (χ1v) is 14.1. The molecule has 1 atom stereocenters. The standard InChI is InChI=1S/C32H35FN4O3/c1-3-6-30-28(17-23-10-9-22(18-29(23)33)27-8-5-4-7-24(27)19-34)32(39)36(31-15-16-35-37(30)31)25-11-13-26(14-12-25)40-20-21(2)38/h4-5,7-10,15-16,18,21,25-26,38H,3,6,11-14,17,20H2,1-2H3. The second-order valence-electron chi connectivity index (χ2n) is 10.7. The molecule has 0 spiro atoms. The molecule has 7 nitrogen and oxygen atoms in total. The van der Waals surface area contributed by atoms with E-state index >= 15 is 4.39 Å². The Kier molecular flexibility index (Phi) is 8.43. The lowest BCUT2D eigenvalue weighted by Gasteiger charge is -2.31. The molecule has 1 N–H and O–H groups in total. The van der Waals surface area contributed by atoms with Crippen LogP contribution in [0, 0.1) is 17.1 Å². The minimum atomic E-state index is -0.504. The zero-order valence-corrected chi connectivity index (χ0v) is 23.0. The SMILES string of the molecule is CCCc1c(Cc2ccc(-c3ccccc3C#N)cc2F)c(=O)n(C2CCC(OCC(C)O)CC2)c2ccnn12. The molecule has 1 fully saturated rings. The van der Waals surface area contributed by atoms with Gasteiger partial charge in [-0.2, -0.15) is 10.4 Å². The zero-order valence-electron chi connectivity index (χ0n) is 23.0. The van der Waals surface area contributed by atoms with Crippen molar-refractivity contribution in [2.75, 3.05) is 6.61 Å². The summed E-state index contributed by atoms with van der Waals surface area (Å²) in [6.45, 7) is 4.08. The summed E-state index contributed by atoms with van der Waals surface area (Å²) in [6.07, 6.45) is 6.07. The summed E-state index contributed by atoms with van der Waals surface area (Å²) in [5, 5.41) is 23.6. The van der Waals surface area contributed by atoms with Crippen molar-refractivity contribution in [3.05, 3.63) is 93.3 Å². The van der Waals surface area contributed by atoms with Crippen molar-refractivity contribution >= 4 is 5.65 Å². The van der Waals surface area contributed by atoms with Gasteiger partial charge in [-0.3, -0.25) is 9.36 Å². The summed E-state index contributed by atoms with van der Waals surface area (Å²) in [7, 11) is 0. The number of benzene rings is 2. The monoisotopic (exact) mass is 542 g/mol. The minimum Gasteiger partial charge on any atom is -0.391 e. The lowest BCUT2D eigenvalue weighted by atomic mass is 9.92. The predicted molar refractivity (Wildman–Crippen MR) is 152 cm³/mol. The Morgan fingerprint density at radius 1 is 1.18 bits per heavy atom. The molecule has 2 aromatic heterocycles. The molecule has 0 aliphatic heterocycles. The van der Waals surface area contributed by atoms with E-state index in [0.29, 0.717) is 40.8 Å². The number of aliphatic hydroxyl groups is 1. The maximum atomic E-state index is 15.5. The van der Waals surface area contributed by atoms with Gasteiger partial charge in [0.1, 0.15) is 11.5 Å². The Morgan fingerprint density at radius 2 is 1.95 bits per heavy atom. The smallest absolute Gasteiger partial charge is 0.257 e. The fourth-order valence-electron chi connectivity index (χ4n) is 5.84. The number of aromatic nitrogens is 3. The van der Waals surface area contributed by atoms with E-state index in [4.69, 9.17) is 4.74 Å². The van der Waals surface area contributed by atoms with Crippen molar-refractivity contribution in [2.45, 2.75) is 77.0 Å². The number of halogens is 1. The number of nitriles is 1. The molecule has 40 heavy (non-hydrogen) atoms. The van der Waals surface area contributed by atoms with E-state index in [2.05, 4.69) is 18.1 Å². The molecular formula is C32H35FN4O3. The number of aliphatic hydroxyl groups excluding tert-OH is 1. The molecule has 208 valence electrons. The van der Waals surface area contributed by atoms with Gasteiger partial charge in [0.25, 0.3) is 5.56 Å². The van der Waals surface area contributed by atoms with Gasteiger partial charge in [0.15, 0.2) is 0 Å². The number of aryl methyl sites for hydroxylation is 1. The molecule has 2 heterocycles. The zero-order chi connectivity index (χ0) is 28.2. The normalized spacial score (nSPS) is 18.1. The lowest BCUT2D eigenvalue weighted by Crippen LogP contribution is -2.35. The van der Waals surface area contributed by atoms with E-state index in [9.17, 15) is 15.2 Å². The summed E-state index contributed by atoms with van der Waals surface area (Å²) in [4.78, 5) is 14.2. The molecule has 1 aliphatic carbocycles. The van der Waals surface area contributed by atoms with E-state index < -0.39 is 11.9 Å². The molecule has 8 heteroatoms. The highest BCUT2D eigenvalue weighted by atomic mass is 19.1. The topological polar surface area (TPSA) is 92.5 Å². The van der Waals surface area contributed by atoms with E-state index in [-0.39, 0.29) is 24.1 Å². The van der Waals surface area contributed by atoms with Crippen LogP contribution in [0.1, 0.15) is 74.4 Å². The second kappa shape index (κ2) is 12.2. The van der Waals surface area contributed by atoms with Crippen LogP contribution in [0.4, 0.5) is 4.39 Å². The summed E-state index contributed by atoms with van der Waals surface area (Å²) in [5.41, 5.74) is 4.26. The first-order valence-electron chi connectivity index (χ1n) is 14.1. The minimum absolute atomic E-state index is 0.0118. The van der Waals surface area contributed by atoms with Crippen molar-refractivity contribution < 1.29 is 14.2 Å². The first kappa shape index (κ1) is 27.8. The van der Waals surface area contributed by atoms with Crippen molar-refractivity contribution in [2.24, 2.45) is 0 Å². The second-order valence-corrected chi connectivity index (χ2v) is 10.7. The highest BCUT2D eigenvalue weighted by molar-refractivity contribution is 5.70. The molecular weight excluding hydrogens is 507 g/mol. The number of hydrogen-bond donors (Lipinski definition) is 1. The fourth-order valence-corrected chi connectivity index (χ4v) is 5.84. The van der Waals surface area contributed by atoms with Gasteiger partial charge >= 0.3 is 0 Å². The van der Waals surface area contributed by atoms with Crippen LogP contribution in [0.2, 0.25) is 0 Å². The highest BCUT2D eigenvalue weighted by Gasteiger charge is 2.28. The number of ether oxygens (including phenoxy) is 1. The molecule has 1 saturated carbocycles. The van der Waals surface area contributed by atoms with Crippen LogP contribution < -0.4 is 5.56 Å². The summed E-state index contributed by atoms with van der Waals surface area (Å²) < 4.78 is 25.1. The Morgan fingerprint density at radius 3 is 2.65 bits per heavy atom. The third-order valence-corrected chi connectivity index (χ3v) is 7.80. The third-order valence-electron chi connectivity index (χ3n) is 7.80. The molecule has 0 bridgehead atoms. The predicted octanol–water partition coefficient (Wildman–Crippen LogP) is 5.60. The molecule has 1 aliphatic rings. The molecule has 0 saturated heterocycles. The van der Waals surface area contributed by atoms with Crippen molar-refractivity contribution in [3.63, 3.8) is 0 Å². The Bertz CT molecular complexity index is 1590. The maximum absolute atomic E-state index is 15.5.